The molecule has 0 saturated heterocycles. The first-order valence-electron chi connectivity index (χ1n) is 11.6. The maximum Gasteiger partial charge on any atom is 0.233 e. The molecule has 1 aromatic rings. The molecule has 0 spiro atoms. The summed E-state index contributed by atoms with van der Waals surface area (Å²) in [5.74, 6) is 0.559. The largest absolute Gasteiger partial charge is 0.477 e. The SMILES string of the molecule is CCCCCCCOC1C=CC(c2ccc(OCCCCOCCCC)nn2)=CN1. The summed E-state index contributed by atoms with van der Waals surface area (Å²) in [6.45, 7) is 7.47. The summed E-state index contributed by atoms with van der Waals surface area (Å²) in [5.41, 5.74) is 1.80. The number of ether oxygens (including phenoxy) is 3. The van der Waals surface area contributed by atoms with E-state index in [9.17, 15) is 0 Å². The molecule has 30 heavy (non-hydrogen) atoms. The van der Waals surface area contributed by atoms with Crippen molar-refractivity contribution in [1.82, 2.24) is 15.5 Å². The summed E-state index contributed by atoms with van der Waals surface area (Å²) in [6.07, 6.45) is 16.4. The summed E-state index contributed by atoms with van der Waals surface area (Å²) < 4.78 is 17.1. The maximum absolute atomic E-state index is 5.85. The van der Waals surface area contributed by atoms with Crippen molar-refractivity contribution in [3.8, 4) is 5.88 Å². The summed E-state index contributed by atoms with van der Waals surface area (Å²) >= 11 is 0. The molecule has 0 radical (unpaired) electrons. The zero-order chi connectivity index (χ0) is 21.3. The molecule has 0 aliphatic carbocycles. The molecule has 1 aliphatic rings. The fourth-order valence-corrected chi connectivity index (χ4v) is 3.03. The van der Waals surface area contributed by atoms with Gasteiger partial charge < -0.3 is 19.5 Å². The number of hydrogen-bond donors (Lipinski definition) is 1. The van der Waals surface area contributed by atoms with E-state index in [0.717, 1.165) is 56.8 Å². The van der Waals surface area contributed by atoms with Gasteiger partial charge in [-0.1, -0.05) is 52.0 Å². The van der Waals surface area contributed by atoms with Gasteiger partial charge in [-0.05, 0) is 37.8 Å². The van der Waals surface area contributed by atoms with E-state index < -0.39 is 0 Å². The van der Waals surface area contributed by atoms with Crippen molar-refractivity contribution in [2.45, 2.75) is 77.9 Å². The maximum atomic E-state index is 5.85. The topological polar surface area (TPSA) is 65.5 Å². The second-order valence-corrected chi connectivity index (χ2v) is 7.61. The van der Waals surface area contributed by atoms with Gasteiger partial charge >= 0.3 is 0 Å². The van der Waals surface area contributed by atoms with E-state index in [-0.39, 0.29) is 6.23 Å². The van der Waals surface area contributed by atoms with Gasteiger partial charge in [0.15, 0.2) is 0 Å². The third-order valence-electron chi connectivity index (χ3n) is 4.91. The van der Waals surface area contributed by atoms with Crippen LogP contribution >= 0.6 is 0 Å². The van der Waals surface area contributed by atoms with Crippen LogP contribution in [0.15, 0.2) is 30.5 Å². The molecule has 2 heterocycles. The van der Waals surface area contributed by atoms with Gasteiger partial charge in [-0.25, -0.2) is 0 Å². The Morgan fingerprint density at radius 1 is 0.833 bits per heavy atom. The minimum atomic E-state index is -0.0681. The minimum absolute atomic E-state index is 0.0681. The van der Waals surface area contributed by atoms with Crippen molar-refractivity contribution in [2.75, 3.05) is 26.4 Å². The lowest BCUT2D eigenvalue weighted by Crippen LogP contribution is -2.28. The molecule has 168 valence electrons. The Hall–Kier alpha value is -1.92. The second-order valence-electron chi connectivity index (χ2n) is 7.61. The van der Waals surface area contributed by atoms with Crippen molar-refractivity contribution in [3.63, 3.8) is 0 Å². The molecule has 0 aromatic carbocycles. The fourth-order valence-electron chi connectivity index (χ4n) is 3.03. The van der Waals surface area contributed by atoms with Crippen LogP contribution in [-0.4, -0.2) is 42.9 Å². The summed E-state index contributed by atoms with van der Waals surface area (Å²) in [5, 5.41) is 11.7. The fraction of sp³-hybridized carbons (Fsp3) is 0.667. The summed E-state index contributed by atoms with van der Waals surface area (Å²) in [7, 11) is 0. The van der Waals surface area contributed by atoms with Crippen LogP contribution in [0.1, 0.15) is 77.3 Å². The highest BCUT2D eigenvalue weighted by Crippen LogP contribution is 2.18. The van der Waals surface area contributed by atoms with E-state index in [1.54, 1.807) is 0 Å². The highest BCUT2D eigenvalue weighted by atomic mass is 16.5. The van der Waals surface area contributed by atoms with Gasteiger partial charge in [0.1, 0.15) is 6.23 Å². The Morgan fingerprint density at radius 3 is 2.33 bits per heavy atom. The normalized spacial score (nSPS) is 15.7. The molecule has 0 amide bonds. The lowest BCUT2D eigenvalue weighted by atomic mass is 10.1. The summed E-state index contributed by atoms with van der Waals surface area (Å²) in [4.78, 5) is 0. The highest BCUT2D eigenvalue weighted by molar-refractivity contribution is 5.72. The molecule has 6 heteroatoms. The van der Waals surface area contributed by atoms with E-state index in [1.165, 1.54) is 32.1 Å². The van der Waals surface area contributed by atoms with Crippen molar-refractivity contribution >= 4 is 5.57 Å². The lowest BCUT2D eigenvalue weighted by Gasteiger charge is -2.19. The predicted molar refractivity (Wildman–Crippen MR) is 121 cm³/mol. The van der Waals surface area contributed by atoms with Crippen molar-refractivity contribution < 1.29 is 14.2 Å². The first-order chi connectivity index (χ1) is 14.8. The lowest BCUT2D eigenvalue weighted by molar-refractivity contribution is 0.0682. The number of nitrogens with zero attached hydrogens (tertiary/aromatic N) is 2. The molecule has 6 nitrogen and oxygen atoms in total. The molecule has 2 rings (SSSR count). The monoisotopic (exact) mass is 417 g/mol. The average molecular weight is 418 g/mol. The van der Waals surface area contributed by atoms with Crippen LogP contribution < -0.4 is 10.1 Å². The Morgan fingerprint density at radius 2 is 1.60 bits per heavy atom. The Balaban J connectivity index is 1.60. The van der Waals surface area contributed by atoms with Crippen LogP contribution in [0.5, 0.6) is 5.88 Å². The smallest absolute Gasteiger partial charge is 0.233 e. The second kappa shape index (κ2) is 15.9. The van der Waals surface area contributed by atoms with Crippen LogP contribution in [-0.2, 0) is 9.47 Å². The molecule has 1 aromatic heterocycles. The van der Waals surface area contributed by atoms with Crippen LogP contribution in [0.25, 0.3) is 5.57 Å². The van der Waals surface area contributed by atoms with Crippen LogP contribution in [0.3, 0.4) is 0 Å². The molecule has 0 fully saturated rings. The quantitative estimate of drug-likeness (QED) is 0.349. The molecule has 1 atom stereocenters. The number of allylic oxidation sites excluding steroid dienone is 2. The number of hydrogen-bond acceptors (Lipinski definition) is 6. The zero-order valence-electron chi connectivity index (χ0n) is 18.8. The van der Waals surface area contributed by atoms with Gasteiger partial charge in [-0.15, -0.1) is 10.2 Å². The van der Waals surface area contributed by atoms with Gasteiger partial charge in [0.2, 0.25) is 5.88 Å². The third kappa shape index (κ3) is 10.2. The number of unbranched alkanes of at least 4 members (excludes halogenated alkanes) is 6. The Bertz CT molecular complexity index is 617. The third-order valence-corrected chi connectivity index (χ3v) is 4.91. The van der Waals surface area contributed by atoms with Crippen LogP contribution in [0.2, 0.25) is 0 Å². The van der Waals surface area contributed by atoms with E-state index in [4.69, 9.17) is 14.2 Å². The van der Waals surface area contributed by atoms with Crippen molar-refractivity contribution in [1.29, 1.82) is 0 Å². The number of nitrogens with one attached hydrogen (secondary N) is 1. The Labute approximate surface area is 182 Å². The zero-order valence-corrected chi connectivity index (χ0v) is 18.8. The van der Waals surface area contributed by atoms with Gasteiger partial charge in [0, 0.05) is 37.7 Å². The first-order valence-corrected chi connectivity index (χ1v) is 11.6. The van der Waals surface area contributed by atoms with Gasteiger partial charge in [-0.2, -0.15) is 0 Å². The van der Waals surface area contributed by atoms with E-state index >= 15 is 0 Å². The number of rotatable bonds is 17. The van der Waals surface area contributed by atoms with E-state index in [2.05, 4.69) is 29.4 Å². The van der Waals surface area contributed by atoms with Crippen molar-refractivity contribution in [2.24, 2.45) is 0 Å². The average Bonchev–Trinajstić information content (AvgIpc) is 2.79. The van der Waals surface area contributed by atoms with Crippen LogP contribution in [0.4, 0.5) is 0 Å². The van der Waals surface area contributed by atoms with E-state index in [1.807, 2.05) is 30.5 Å². The molecule has 1 aliphatic heterocycles. The molecule has 0 saturated carbocycles. The molecular formula is C24H39N3O3. The standard InChI is InChI=1S/C24H39N3O3/c1-3-5-7-8-9-18-29-23-14-12-21(20-25-23)22-13-15-24(27-26-22)30-19-11-10-17-28-16-6-4-2/h12-15,20,23,25H,3-11,16-19H2,1-2H3. The summed E-state index contributed by atoms with van der Waals surface area (Å²) in [6, 6.07) is 3.80. The number of aromatic nitrogens is 2. The van der Waals surface area contributed by atoms with Crippen LogP contribution in [0, 0.1) is 0 Å². The van der Waals surface area contributed by atoms with Gasteiger partial charge in [0.25, 0.3) is 0 Å². The predicted octanol–water partition coefficient (Wildman–Crippen LogP) is 5.27. The number of dihydropyridines is 1. The van der Waals surface area contributed by atoms with Crippen molar-refractivity contribution in [3.05, 3.63) is 36.2 Å². The molecule has 0 bridgehead atoms. The van der Waals surface area contributed by atoms with Gasteiger partial charge in [0.05, 0.1) is 12.3 Å². The highest BCUT2D eigenvalue weighted by Gasteiger charge is 2.10. The molecule has 1 N–H and O–H groups in total. The Kier molecular flexibility index (Phi) is 12.9. The molecule has 1 unspecified atom stereocenters. The first kappa shape index (κ1) is 24.4. The minimum Gasteiger partial charge on any atom is -0.477 e. The molecular weight excluding hydrogens is 378 g/mol. The van der Waals surface area contributed by atoms with Gasteiger partial charge in [-0.3, -0.25) is 0 Å². The van der Waals surface area contributed by atoms with E-state index in [0.29, 0.717) is 12.5 Å².